The molecule has 1 saturated heterocycles. The van der Waals surface area contributed by atoms with Crippen LogP contribution in [-0.4, -0.2) is 38.7 Å². The van der Waals surface area contributed by atoms with Gasteiger partial charge in [0.15, 0.2) is 0 Å². The van der Waals surface area contributed by atoms with Gasteiger partial charge in [-0.15, -0.1) is 0 Å². The summed E-state index contributed by atoms with van der Waals surface area (Å²) in [5.41, 5.74) is 1.22. The van der Waals surface area contributed by atoms with Crippen LogP contribution in [0.3, 0.4) is 0 Å². The molecule has 156 valence electrons. The number of nitrogens with one attached hydrogen (secondary N) is 2. The van der Waals surface area contributed by atoms with Crippen LogP contribution in [0.5, 0.6) is 0 Å². The Hall–Kier alpha value is -3.26. The minimum Gasteiger partial charge on any atom is -0.386 e. The van der Waals surface area contributed by atoms with Gasteiger partial charge in [0.1, 0.15) is 28.9 Å². The molecule has 0 atom stereocenters. The molecule has 7 nitrogen and oxygen atoms in total. The number of halogens is 1. The molecule has 3 aromatic rings. The average Bonchev–Trinajstić information content (AvgIpc) is 2.71. The lowest BCUT2D eigenvalue weighted by atomic mass is 9.83. The third-order valence-electron chi connectivity index (χ3n) is 5.39. The molecule has 0 radical (unpaired) electrons. The predicted octanol–water partition coefficient (Wildman–Crippen LogP) is 3.57. The fourth-order valence-corrected chi connectivity index (χ4v) is 3.31. The highest BCUT2D eigenvalue weighted by Crippen LogP contribution is 2.35. The van der Waals surface area contributed by atoms with E-state index in [0.717, 1.165) is 11.3 Å². The monoisotopic (exact) mass is 408 g/mol. The van der Waals surface area contributed by atoms with Crippen molar-refractivity contribution in [2.75, 3.05) is 28.6 Å². The van der Waals surface area contributed by atoms with Crippen LogP contribution < -0.4 is 15.5 Å². The molecule has 0 saturated carbocycles. The molecule has 0 amide bonds. The zero-order valence-electron chi connectivity index (χ0n) is 17.0. The number of aromatic nitrogens is 3. The molecule has 3 N–H and O–H groups in total. The second kappa shape index (κ2) is 8.23. The Morgan fingerprint density at radius 2 is 1.83 bits per heavy atom. The highest BCUT2D eigenvalue weighted by molar-refractivity contribution is 5.66. The summed E-state index contributed by atoms with van der Waals surface area (Å²) in [6.07, 6.45) is 4.84. The summed E-state index contributed by atoms with van der Waals surface area (Å²) in [7, 11) is 0. The highest BCUT2D eigenvalue weighted by Gasteiger charge is 2.43. The minimum atomic E-state index is -0.677. The number of β-amino-alcohol motifs (C(OH)–C–C–N with tert-alkyl or cyclic N) is 1. The Morgan fingerprint density at radius 1 is 1.10 bits per heavy atom. The van der Waals surface area contributed by atoms with Gasteiger partial charge in [0.2, 0.25) is 0 Å². The maximum Gasteiger partial charge on any atom is 0.150 e. The van der Waals surface area contributed by atoms with Crippen molar-refractivity contribution in [3.05, 3.63) is 66.4 Å². The Balaban J connectivity index is 1.55. The summed E-state index contributed by atoms with van der Waals surface area (Å²) >= 11 is 0. The summed E-state index contributed by atoms with van der Waals surface area (Å²) in [4.78, 5) is 15.0. The number of pyridine rings is 1. The van der Waals surface area contributed by atoms with Gasteiger partial charge in [-0.2, -0.15) is 0 Å². The highest BCUT2D eigenvalue weighted by atomic mass is 19.1. The largest absolute Gasteiger partial charge is 0.386 e. The maximum atomic E-state index is 13.1. The molecule has 1 aliphatic rings. The lowest BCUT2D eigenvalue weighted by molar-refractivity contribution is -0.0300. The van der Waals surface area contributed by atoms with Gasteiger partial charge in [-0.3, -0.25) is 4.98 Å². The normalized spacial score (nSPS) is 15.0. The van der Waals surface area contributed by atoms with Crippen molar-refractivity contribution in [1.29, 1.82) is 0 Å². The molecular weight excluding hydrogens is 383 g/mol. The second-order valence-corrected chi connectivity index (χ2v) is 7.91. The van der Waals surface area contributed by atoms with Crippen LogP contribution in [0.25, 0.3) is 0 Å². The van der Waals surface area contributed by atoms with E-state index in [9.17, 15) is 9.50 Å². The number of aliphatic hydroxyl groups is 1. The fourth-order valence-electron chi connectivity index (χ4n) is 3.31. The number of benzene rings is 1. The zero-order valence-corrected chi connectivity index (χ0v) is 17.0. The van der Waals surface area contributed by atoms with Gasteiger partial charge in [-0.05, 0) is 23.6 Å². The zero-order chi connectivity index (χ0) is 21.1. The van der Waals surface area contributed by atoms with E-state index in [4.69, 9.17) is 0 Å². The van der Waals surface area contributed by atoms with Gasteiger partial charge >= 0.3 is 0 Å². The first-order valence-electron chi connectivity index (χ1n) is 9.92. The second-order valence-electron chi connectivity index (χ2n) is 7.91. The number of rotatable bonds is 7. The van der Waals surface area contributed by atoms with Gasteiger partial charge in [-0.25, -0.2) is 14.4 Å². The smallest absolute Gasteiger partial charge is 0.150 e. The van der Waals surface area contributed by atoms with E-state index in [0.29, 0.717) is 37.1 Å². The number of hydrogen-bond acceptors (Lipinski definition) is 7. The van der Waals surface area contributed by atoms with E-state index < -0.39 is 5.60 Å². The van der Waals surface area contributed by atoms with Crippen LogP contribution in [-0.2, 0) is 6.54 Å². The first-order chi connectivity index (χ1) is 14.4. The summed E-state index contributed by atoms with van der Waals surface area (Å²) in [5.74, 6) is 1.81. The number of anilines is 4. The lowest BCUT2D eigenvalue weighted by Gasteiger charge is -2.50. The molecule has 3 heterocycles. The van der Waals surface area contributed by atoms with E-state index in [-0.39, 0.29) is 11.7 Å². The van der Waals surface area contributed by atoms with Gasteiger partial charge in [0.05, 0.1) is 6.20 Å². The molecule has 0 spiro atoms. The van der Waals surface area contributed by atoms with Crippen molar-refractivity contribution in [3.8, 4) is 0 Å². The van der Waals surface area contributed by atoms with E-state index in [1.807, 2.05) is 26.0 Å². The molecule has 8 heteroatoms. The molecular formula is C22H25FN6O. The van der Waals surface area contributed by atoms with E-state index >= 15 is 0 Å². The molecule has 4 rings (SSSR count). The Kier molecular flexibility index (Phi) is 5.50. The van der Waals surface area contributed by atoms with Gasteiger partial charge in [0.25, 0.3) is 0 Å². The van der Waals surface area contributed by atoms with Crippen LogP contribution in [0, 0.1) is 11.7 Å². The summed E-state index contributed by atoms with van der Waals surface area (Å²) in [6, 6.07) is 10.2. The summed E-state index contributed by atoms with van der Waals surface area (Å²) < 4.78 is 13.1. The van der Waals surface area contributed by atoms with Crippen molar-refractivity contribution >= 4 is 23.1 Å². The fraction of sp³-hybridized carbons (Fsp3) is 0.318. The topological polar surface area (TPSA) is 86.2 Å². The first kappa shape index (κ1) is 20.0. The van der Waals surface area contributed by atoms with Crippen LogP contribution in [0.1, 0.15) is 19.4 Å². The molecule has 2 aromatic heterocycles. The third-order valence-corrected chi connectivity index (χ3v) is 5.39. The van der Waals surface area contributed by atoms with Gasteiger partial charge < -0.3 is 20.6 Å². The van der Waals surface area contributed by atoms with E-state index in [1.165, 1.54) is 12.1 Å². The van der Waals surface area contributed by atoms with Crippen LogP contribution in [0.15, 0.2) is 55.0 Å². The molecule has 1 aliphatic heterocycles. The summed E-state index contributed by atoms with van der Waals surface area (Å²) in [5, 5.41) is 17.1. The average molecular weight is 408 g/mol. The lowest BCUT2D eigenvalue weighted by Crippen LogP contribution is -2.64. The molecule has 0 bridgehead atoms. The van der Waals surface area contributed by atoms with Crippen LogP contribution in [0.2, 0.25) is 0 Å². The van der Waals surface area contributed by atoms with Crippen LogP contribution in [0.4, 0.5) is 27.5 Å². The molecule has 0 aliphatic carbocycles. The van der Waals surface area contributed by atoms with Gasteiger partial charge in [-0.1, -0.05) is 26.0 Å². The number of nitrogens with zero attached hydrogens (tertiary/aromatic N) is 4. The first-order valence-corrected chi connectivity index (χ1v) is 9.92. The predicted molar refractivity (Wildman–Crippen MR) is 115 cm³/mol. The van der Waals surface area contributed by atoms with Gasteiger partial charge in [0, 0.05) is 49.8 Å². The number of hydrogen-bond donors (Lipinski definition) is 3. The van der Waals surface area contributed by atoms with E-state index in [1.54, 1.807) is 30.7 Å². The molecule has 30 heavy (non-hydrogen) atoms. The Morgan fingerprint density at radius 3 is 2.50 bits per heavy atom. The standard InChI is InChI=1S/C22H25FN6O/c1-15(2)22(30)13-29(14-22)18-9-19(26-11-16-3-5-17(23)6-4-16)27-20(10-18)28-21-12-24-7-8-25-21/h3-10,12,15,30H,11,13-14H2,1-2H3,(H2,25,26,27,28). The van der Waals surface area contributed by atoms with Crippen molar-refractivity contribution in [2.45, 2.75) is 26.0 Å². The third kappa shape index (κ3) is 4.49. The quantitative estimate of drug-likeness (QED) is 0.551. The van der Waals surface area contributed by atoms with Crippen molar-refractivity contribution < 1.29 is 9.50 Å². The van der Waals surface area contributed by atoms with E-state index in [2.05, 4.69) is 30.5 Å². The van der Waals surface area contributed by atoms with Crippen molar-refractivity contribution in [1.82, 2.24) is 15.0 Å². The van der Waals surface area contributed by atoms with Crippen LogP contribution >= 0.6 is 0 Å². The SMILES string of the molecule is CC(C)C1(O)CN(c2cc(NCc3ccc(F)cc3)nc(Nc3cnccn3)c2)C1. The Labute approximate surface area is 175 Å². The molecule has 0 unspecified atom stereocenters. The maximum absolute atomic E-state index is 13.1. The minimum absolute atomic E-state index is 0.184. The van der Waals surface area contributed by atoms with Crippen molar-refractivity contribution in [3.63, 3.8) is 0 Å². The Bertz CT molecular complexity index is 990. The molecule has 1 aromatic carbocycles. The summed E-state index contributed by atoms with van der Waals surface area (Å²) in [6.45, 7) is 5.70. The molecule has 1 fully saturated rings. The van der Waals surface area contributed by atoms with Crippen molar-refractivity contribution in [2.24, 2.45) is 5.92 Å².